The number of halogens is 2. The fourth-order valence-corrected chi connectivity index (χ4v) is 1.88. The quantitative estimate of drug-likeness (QED) is 0.621. The first-order valence-electron chi connectivity index (χ1n) is 7.26. The van der Waals surface area contributed by atoms with Gasteiger partial charge < -0.3 is 9.47 Å². The summed E-state index contributed by atoms with van der Waals surface area (Å²) in [6.07, 6.45) is 0. The van der Waals surface area contributed by atoms with Crippen LogP contribution in [0.4, 0.5) is 8.78 Å². The van der Waals surface area contributed by atoms with Gasteiger partial charge in [0.1, 0.15) is 5.82 Å². The van der Waals surface area contributed by atoms with Crippen molar-refractivity contribution in [1.29, 1.82) is 0 Å². The van der Waals surface area contributed by atoms with Gasteiger partial charge in [0, 0.05) is 0 Å². The second-order valence-corrected chi connectivity index (χ2v) is 4.91. The first kappa shape index (κ1) is 18.8. The Bertz CT molecular complexity index is 842. The van der Waals surface area contributed by atoms with Crippen molar-refractivity contribution in [3.8, 4) is 5.75 Å². The fraction of sp³-hybridized carbons (Fsp3) is 0.118. The summed E-state index contributed by atoms with van der Waals surface area (Å²) >= 11 is 0. The number of esters is 1. The van der Waals surface area contributed by atoms with Gasteiger partial charge in [0.15, 0.2) is 18.2 Å². The zero-order chi connectivity index (χ0) is 19.1. The first-order valence-corrected chi connectivity index (χ1v) is 7.26. The molecule has 136 valence electrons. The molecule has 0 aliphatic carbocycles. The molecule has 0 saturated heterocycles. The predicted octanol–water partition coefficient (Wildman–Crippen LogP) is 1.59. The van der Waals surface area contributed by atoms with Gasteiger partial charge in [-0.05, 0) is 30.3 Å². The van der Waals surface area contributed by atoms with Crippen molar-refractivity contribution in [3.63, 3.8) is 0 Å². The van der Waals surface area contributed by atoms with Crippen molar-refractivity contribution in [2.45, 2.75) is 0 Å². The lowest BCUT2D eigenvalue weighted by Crippen LogP contribution is -2.43. The normalized spacial score (nSPS) is 9.96. The maximum Gasteiger partial charge on any atom is 0.338 e. The molecule has 2 aromatic carbocycles. The molecule has 2 amide bonds. The van der Waals surface area contributed by atoms with Crippen molar-refractivity contribution in [2.75, 3.05) is 13.7 Å². The number of carbonyl (C=O) groups is 3. The third-order valence-electron chi connectivity index (χ3n) is 3.16. The highest BCUT2D eigenvalue weighted by molar-refractivity contribution is 5.96. The molecule has 0 fully saturated rings. The number of hydrogen-bond acceptors (Lipinski definition) is 5. The Hall–Kier alpha value is -3.49. The molecule has 26 heavy (non-hydrogen) atoms. The lowest BCUT2D eigenvalue weighted by molar-refractivity contribution is -0.125. The van der Waals surface area contributed by atoms with Gasteiger partial charge >= 0.3 is 5.97 Å². The van der Waals surface area contributed by atoms with Crippen molar-refractivity contribution in [2.24, 2.45) is 0 Å². The molecule has 0 aliphatic heterocycles. The molecule has 0 atom stereocenters. The van der Waals surface area contributed by atoms with Crippen LogP contribution in [0.25, 0.3) is 0 Å². The molecular formula is C17H14F2N2O5. The Morgan fingerprint density at radius 3 is 2.38 bits per heavy atom. The summed E-state index contributed by atoms with van der Waals surface area (Å²) in [6, 6.07) is 8.59. The van der Waals surface area contributed by atoms with Crippen LogP contribution in [0.3, 0.4) is 0 Å². The largest absolute Gasteiger partial charge is 0.494 e. The minimum absolute atomic E-state index is 0.0462. The van der Waals surface area contributed by atoms with E-state index in [1.165, 1.54) is 37.4 Å². The molecule has 0 saturated carbocycles. The van der Waals surface area contributed by atoms with E-state index in [1.807, 2.05) is 10.9 Å². The summed E-state index contributed by atoms with van der Waals surface area (Å²) in [7, 11) is 1.27. The molecule has 0 spiro atoms. The van der Waals surface area contributed by atoms with Gasteiger partial charge in [0.2, 0.25) is 0 Å². The number of hydrazine groups is 1. The Kier molecular flexibility index (Phi) is 6.20. The maximum atomic E-state index is 13.5. The van der Waals surface area contributed by atoms with Crippen LogP contribution in [0, 0.1) is 11.6 Å². The van der Waals surface area contributed by atoms with E-state index in [-0.39, 0.29) is 16.9 Å². The molecule has 2 aromatic rings. The molecule has 0 bridgehead atoms. The van der Waals surface area contributed by atoms with E-state index in [2.05, 4.69) is 0 Å². The molecule has 7 nitrogen and oxygen atoms in total. The Morgan fingerprint density at radius 1 is 1.00 bits per heavy atom. The smallest absolute Gasteiger partial charge is 0.338 e. The molecule has 0 unspecified atom stereocenters. The number of methoxy groups -OCH3 is 1. The number of rotatable bonds is 5. The highest BCUT2D eigenvalue weighted by atomic mass is 19.1. The van der Waals surface area contributed by atoms with Gasteiger partial charge in [-0.15, -0.1) is 0 Å². The first-order chi connectivity index (χ1) is 12.4. The molecule has 0 aromatic heterocycles. The molecule has 0 radical (unpaired) electrons. The second-order valence-electron chi connectivity index (χ2n) is 4.91. The van der Waals surface area contributed by atoms with Crippen LogP contribution in [-0.2, 0) is 9.53 Å². The maximum absolute atomic E-state index is 13.5. The van der Waals surface area contributed by atoms with Crippen molar-refractivity contribution in [1.82, 2.24) is 10.9 Å². The predicted molar refractivity (Wildman–Crippen MR) is 85.2 cm³/mol. The van der Waals surface area contributed by atoms with Gasteiger partial charge in [-0.25, -0.2) is 13.6 Å². The third-order valence-corrected chi connectivity index (χ3v) is 3.16. The van der Waals surface area contributed by atoms with Crippen LogP contribution in [0.1, 0.15) is 20.7 Å². The van der Waals surface area contributed by atoms with E-state index in [4.69, 9.17) is 9.47 Å². The van der Waals surface area contributed by atoms with E-state index in [1.54, 1.807) is 0 Å². The Morgan fingerprint density at radius 2 is 1.73 bits per heavy atom. The van der Waals surface area contributed by atoms with Gasteiger partial charge in [-0.1, -0.05) is 12.1 Å². The highest BCUT2D eigenvalue weighted by Gasteiger charge is 2.15. The van der Waals surface area contributed by atoms with Crippen LogP contribution in [0.2, 0.25) is 0 Å². The average molecular weight is 364 g/mol. The number of amides is 2. The number of ether oxygens (including phenoxy) is 2. The standard InChI is InChI=1S/C17H14F2N2O5/c1-25-14-7-6-10(8-13(14)19)17(24)26-9-15(22)20-21-16(23)11-4-2-3-5-12(11)18/h2-8H,9H2,1H3,(H,20,22)(H,21,23). The van der Waals surface area contributed by atoms with Crippen LogP contribution in [0.5, 0.6) is 5.75 Å². The van der Waals surface area contributed by atoms with Crippen molar-refractivity contribution < 1.29 is 32.6 Å². The number of carbonyl (C=O) groups excluding carboxylic acids is 3. The number of nitrogens with one attached hydrogen (secondary N) is 2. The average Bonchev–Trinajstić information content (AvgIpc) is 2.64. The minimum Gasteiger partial charge on any atom is -0.494 e. The molecule has 2 rings (SSSR count). The van der Waals surface area contributed by atoms with Crippen LogP contribution < -0.4 is 15.6 Å². The van der Waals surface area contributed by atoms with Gasteiger partial charge in [0.05, 0.1) is 18.2 Å². The van der Waals surface area contributed by atoms with Crippen LogP contribution in [-0.4, -0.2) is 31.5 Å². The molecule has 0 aliphatic rings. The molecular weight excluding hydrogens is 350 g/mol. The van der Waals surface area contributed by atoms with Gasteiger partial charge in [-0.2, -0.15) is 0 Å². The van der Waals surface area contributed by atoms with Gasteiger partial charge in [-0.3, -0.25) is 20.4 Å². The van der Waals surface area contributed by atoms with Crippen LogP contribution >= 0.6 is 0 Å². The van der Waals surface area contributed by atoms with Crippen LogP contribution in [0.15, 0.2) is 42.5 Å². The van der Waals surface area contributed by atoms with Crippen molar-refractivity contribution in [3.05, 3.63) is 65.2 Å². The van der Waals surface area contributed by atoms with E-state index < -0.39 is 36.0 Å². The van der Waals surface area contributed by atoms with E-state index >= 15 is 0 Å². The van der Waals surface area contributed by atoms with E-state index in [0.717, 1.165) is 12.1 Å². The summed E-state index contributed by atoms with van der Waals surface area (Å²) < 4.78 is 36.3. The zero-order valence-corrected chi connectivity index (χ0v) is 13.5. The monoisotopic (exact) mass is 364 g/mol. The molecule has 9 heteroatoms. The summed E-state index contributed by atoms with van der Waals surface area (Å²) in [6.45, 7) is -0.732. The summed E-state index contributed by atoms with van der Waals surface area (Å²) in [5.41, 5.74) is 3.56. The summed E-state index contributed by atoms with van der Waals surface area (Å²) in [5, 5.41) is 0. The third kappa shape index (κ3) is 4.76. The SMILES string of the molecule is COc1ccc(C(=O)OCC(=O)NNC(=O)c2ccccc2F)cc1F. The molecule has 2 N–H and O–H groups in total. The Labute approximate surface area is 146 Å². The zero-order valence-electron chi connectivity index (χ0n) is 13.5. The van der Waals surface area contributed by atoms with Gasteiger partial charge in [0.25, 0.3) is 11.8 Å². The topological polar surface area (TPSA) is 93.7 Å². The summed E-state index contributed by atoms with van der Waals surface area (Å²) in [4.78, 5) is 35.0. The highest BCUT2D eigenvalue weighted by Crippen LogP contribution is 2.18. The van der Waals surface area contributed by atoms with E-state index in [0.29, 0.717) is 0 Å². The van der Waals surface area contributed by atoms with E-state index in [9.17, 15) is 23.2 Å². The minimum atomic E-state index is -0.942. The molecule has 0 heterocycles. The lowest BCUT2D eigenvalue weighted by atomic mass is 10.2. The fourth-order valence-electron chi connectivity index (χ4n) is 1.88. The van der Waals surface area contributed by atoms with Crippen molar-refractivity contribution >= 4 is 17.8 Å². The number of benzene rings is 2. The Balaban J connectivity index is 1.83. The second kappa shape index (κ2) is 8.56. The lowest BCUT2D eigenvalue weighted by Gasteiger charge is -2.09. The number of hydrogen-bond donors (Lipinski definition) is 2. The summed E-state index contributed by atoms with van der Waals surface area (Å²) in [5.74, 6) is -4.25.